The molecule has 5 rings (SSSR count). The number of benzene rings is 3. The Labute approximate surface area is 265 Å². The summed E-state index contributed by atoms with van der Waals surface area (Å²) in [5.74, 6) is 2.90. The number of likely N-dealkylation sites (tertiary alicyclic amines) is 1. The second-order valence-corrected chi connectivity index (χ2v) is 11.3. The molecule has 7 nitrogen and oxygen atoms in total. The van der Waals surface area contributed by atoms with Crippen molar-refractivity contribution in [3.8, 4) is 17.4 Å². The molecule has 1 unspecified atom stereocenters. The van der Waals surface area contributed by atoms with Crippen LogP contribution in [0.4, 0.5) is 11.4 Å². The Kier molecular flexibility index (Phi) is 14.7. The van der Waals surface area contributed by atoms with Gasteiger partial charge in [-0.2, -0.15) is 0 Å². The smallest absolute Gasteiger partial charge is 0.222 e. The van der Waals surface area contributed by atoms with E-state index in [1.807, 2.05) is 45.9 Å². The Morgan fingerprint density at radius 3 is 2.27 bits per heavy atom. The lowest BCUT2D eigenvalue weighted by Crippen LogP contribution is -2.21. The first kappa shape index (κ1) is 36.1. The van der Waals surface area contributed by atoms with Crippen LogP contribution in [0.15, 0.2) is 79.9 Å². The first-order chi connectivity index (χ1) is 21.2. The van der Waals surface area contributed by atoms with E-state index < -0.39 is 0 Å². The first-order valence-corrected chi connectivity index (χ1v) is 15.7. The average Bonchev–Trinajstić information content (AvgIpc) is 3.45. The fourth-order valence-corrected chi connectivity index (χ4v) is 5.05. The molecule has 1 atom stereocenters. The van der Waals surface area contributed by atoms with Gasteiger partial charge in [0.15, 0.2) is 0 Å². The molecule has 2 heterocycles. The van der Waals surface area contributed by atoms with Gasteiger partial charge in [0.1, 0.15) is 17.8 Å². The molecule has 1 saturated heterocycles. The summed E-state index contributed by atoms with van der Waals surface area (Å²) < 4.78 is 12.1. The summed E-state index contributed by atoms with van der Waals surface area (Å²) >= 11 is 0. The van der Waals surface area contributed by atoms with Gasteiger partial charge in [-0.3, -0.25) is 4.90 Å². The molecule has 3 N–H and O–H groups in total. The predicted molar refractivity (Wildman–Crippen MR) is 187 cm³/mol. The number of methoxy groups -OCH3 is 1. The molecular weight excluding hydrogens is 546 g/mol. The number of anilines is 2. The third kappa shape index (κ3) is 9.71. The van der Waals surface area contributed by atoms with Crippen LogP contribution >= 0.6 is 0 Å². The summed E-state index contributed by atoms with van der Waals surface area (Å²) in [6.07, 6.45) is 5.67. The van der Waals surface area contributed by atoms with E-state index in [0.29, 0.717) is 5.88 Å². The van der Waals surface area contributed by atoms with Crippen LogP contribution < -0.4 is 20.5 Å². The SMILES string of the molecule is C=CN.CC.CC.COc1c(CN2CCC(C)C2)cc(C(C)(C)C)cc1Nc1ccc(Oc2ccncn2)c2ccccc12. The molecule has 3 aromatic carbocycles. The molecule has 0 radical (unpaired) electrons. The molecule has 1 aliphatic rings. The molecular formula is C37H53N5O2. The summed E-state index contributed by atoms with van der Waals surface area (Å²) in [6, 6.07) is 18.6. The van der Waals surface area contributed by atoms with Crippen molar-refractivity contribution in [3.63, 3.8) is 0 Å². The van der Waals surface area contributed by atoms with Crippen molar-refractivity contribution in [1.82, 2.24) is 14.9 Å². The van der Waals surface area contributed by atoms with Gasteiger partial charge in [-0.15, -0.1) is 0 Å². The number of fused-ring (bicyclic) bond motifs is 1. The van der Waals surface area contributed by atoms with E-state index in [9.17, 15) is 0 Å². The molecule has 1 aliphatic heterocycles. The Morgan fingerprint density at radius 1 is 1.02 bits per heavy atom. The third-order valence-electron chi connectivity index (χ3n) is 7.06. The van der Waals surface area contributed by atoms with Crippen molar-refractivity contribution in [2.75, 3.05) is 25.5 Å². The third-order valence-corrected chi connectivity index (χ3v) is 7.06. The molecule has 0 spiro atoms. The van der Waals surface area contributed by atoms with Crippen molar-refractivity contribution in [2.45, 2.75) is 73.8 Å². The monoisotopic (exact) mass is 599 g/mol. The Bertz CT molecular complexity index is 1430. The molecule has 1 fully saturated rings. The molecule has 4 aromatic rings. The van der Waals surface area contributed by atoms with Crippen molar-refractivity contribution in [3.05, 3.63) is 91.0 Å². The maximum absolute atomic E-state index is 6.10. The average molecular weight is 600 g/mol. The van der Waals surface area contributed by atoms with Crippen molar-refractivity contribution >= 4 is 22.1 Å². The van der Waals surface area contributed by atoms with Crippen LogP contribution in [0.3, 0.4) is 0 Å². The molecule has 7 heteroatoms. The van der Waals surface area contributed by atoms with Gasteiger partial charge in [-0.25, -0.2) is 9.97 Å². The van der Waals surface area contributed by atoms with E-state index >= 15 is 0 Å². The summed E-state index contributed by atoms with van der Waals surface area (Å²) in [7, 11) is 1.77. The number of hydrogen-bond donors (Lipinski definition) is 2. The zero-order valence-corrected chi connectivity index (χ0v) is 28.3. The van der Waals surface area contributed by atoms with Gasteiger partial charge in [0.2, 0.25) is 5.88 Å². The summed E-state index contributed by atoms with van der Waals surface area (Å²) in [5.41, 5.74) is 9.10. The van der Waals surface area contributed by atoms with Crippen LogP contribution in [0, 0.1) is 5.92 Å². The molecule has 44 heavy (non-hydrogen) atoms. The number of nitrogens with two attached hydrogens (primary N) is 1. The lowest BCUT2D eigenvalue weighted by molar-refractivity contribution is 0.311. The van der Waals surface area contributed by atoms with Gasteiger partial charge in [-0.1, -0.05) is 92.3 Å². The fraction of sp³-hybridized carbons (Fsp3) is 0.405. The number of aromatic nitrogens is 2. The largest absolute Gasteiger partial charge is 0.494 e. The van der Waals surface area contributed by atoms with E-state index in [0.717, 1.165) is 59.2 Å². The Hall–Kier alpha value is -4.10. The van der Waals surface area contributed by atoms with Gasteiger partial charge in [0, 0.05) is 47.4 Å². The second kappa shape index (κ2) is 17.9. The quantitative estimate of drug-likeness (QED) is 0.219. The van der Waals surface area contributed by atoms with E-state index in [2.05, 4.69) is 90.5 Å². The van der Waals surface area contributed by atoms with E-state index in [1.54, 1.807) is 19.4 Å². The summed E-state index contributed by atoms with van der Waals surface area (Å²) in [4.78, 5) is 10.7. The van der Waals surface area contributed by atoms with Crippen molar-refractivity contribution < 1.29 is 9.47 Å². The molecule has 0 saturated carbocycles. The molecule has 0 bridgehead atoms. The summed E-state index contributed by atoms with van der Waals surface area (Å²) in [6.45, 7) is 23.4. The number of ether oxygens (including phenoxy) is 2. The molecule has 0 amide bonds. The lowest BCUT2D eigenvalue weighted by atomic mass is 9.85. The number of nitrogens with zero attached hydrogens (tertiary/aromatic N) is 3. The van der Waals surface area contributed by atoms with E-state index in [1.165, 1.54) is 30.1 Å². The molecule has 0 aliphatic carbocycles. The Morgan fingerprint density at radius 2 is 1.70 bits per heavy atom. The highest BCUT2D eigenvalue weighted by atomic mass is 16.5. The van der Waals surface area contributed by atoms with Gasteiger partial charge < -0.3 is 20.5 Å². The maximum atomic E-state index is 6.10. The second-order valence-electron chi connectivity index (χ2n) is 11.3. The van der Waals surface area contributed by atoms with Crippen LogP contribution in [0.2, 0.25) is 0 Å². The fourth-order valence-electron chi connectivity index (χ4n) is 5.05. The minimum Gasteiger partial charge on any atom is -0.494 e. The lowest BCUT2D eigenvalue weighted by Gasteiger charge is -2.26. The zero-order valence-electron chi connectivity index (χ0n) is 28.3. The van der Waals surface area contributed by atoms with Crippen LogP contribution in [0.1, 0.15) is 72.9 Å². The molecule has 1 aromatic heterocycles. The summed E-state index contributed by atoms with van der Waals surface area (Å²) in [5, 5.41) is 5.78. The van der Waals surface area contributed by atoms with Gasteiger partial charge in [0.05, 0.1) is 12.8 Å². The van der Waals surface area contributed by atoms with Crippen LogP contribution in [-0.2, 0) is 12.0 Å². The predicted octanol–water partition coefficient (Wildman–Crippen LogP) is 9.45. The standard InChI is InChI=1S/C31H36N4O2.C2H5N.2C2H6/c1-21-13-15-35(18-21)19-22-16-23(31(2,3)4)17-27(30(22)36-5)34-26-10-11-28(25-9-7-6-8-24(25)26)37-29-12-14-32-20-33-29;1-2-3;2*1-2/h6-12,14,16-17,20-21,34H,13,15,18-19H2,1-5H3;2H,1,3H2;2*1-2H3. The molecule has 238 valence electrons. The highest BCUT2D eigenvalue weighted by molar-refractivity contribution is 5.99. The topological polar surface area (TPSA) is 85.5 Å². The van der Waals surface area contributed by atoms with E-state index in [4.69, 9.17) is 9.47 Å². The van der Waals surface area contributed by atoms with Crippen LogP contribution in [0.25, 0.3) is 10.8 Å². The highest BCUT2D eigenvalue weighted by Crippen LogP contribution is 2.41. The normalized spacial score (nSPS) is 14.2. The van der Waals surface area contributed by atoms with Crippen LogP contribution in [-0.4, -0.2) is 35.1 Å². The number of hydrogen-bond acceptors (Lipinski definition) is 7. The van der Waals surface area contributed by atoms with Gasteiger partial charge in [0.25, 0.3) is 0 Å². The van der Waals surface area contributed by atoms with Crippen LogP contribution in [0.5, 0.6) is 17.4 Å². The zero-order chi connectivity index (χ0) is 32.7. The number of rotatable bonds is 7. The number of nitrogens with one attached hydrogen (secondary N) is 1. The maximum Gasteiger partial charge on any atom is 0.222 e. The Balaban J connectivity index is 0.000000893. The van der Waals surface area contributed by atoms with Crippen molar-refractivity contribution in [1.29, 1.82) is 0 Å². The van der Waals surface area contributed by atoms with E-state index in [-0.39, 0.29) is 5.41 Å². The van der Waals surface area contributed by atoms with Gasteiger partial charge >= 0.3 is 0 Å². The first-order valence-electron chi connectivity index (χ1n) is 15.7. The van der Waals surface area contributed by atoms with Crippen molar-refractivity contribution in [2.24, 2.45) is 11.7 Å². The van der Waals surface area contributed by atoms with Gasteiger partial charge in [-0.05, 0) is 54.3 Å². The minimum atomic E-state index is 0.00700. The highest BCUT2D eigenvalue weighted by Gasteiger charge is 2.24. The minimum absolute atomic E-state index is 0.00700.